The molecule has 2 N–H and O–H groups in total. The second-order valence-corrected chi connectivity index (χ2v) is 5.61. The summed E-state index contributed by atoms with van der Waals surface area (Å²) in [5.41, 5.74) is 2.80. The van der Waals surface area contributed by atoms with Crippen molar-refractivity contribution in [1.29, 1.82) is 0 Å². The number of benzene rings is 1. The Labute approximate surface area is 153 Å². The third kappa shape index (κ3) is 3.71. The standard InChI is InChI=1S/C18H17N5O4/c1-12-15(18(26)23(22(12)2)13-7-4-3-5-8-13)20-16(24)17(25)21-19-11-14-9-6-10-27-14/h3-11H,1-2H3,(H,20,24)(H,21,25)/b19-11+. The van der Waals surface area contributed by atoms with Crippen LogP contribution >= 0.6 is 0 Å². The molecule has 0 aliphatic rings. The molecule has 0 unspecified atom stereocenters. The van der Waals surface area contributed by atoms with Crippen molar-refractivity contribution >= 4 is 23.7 Å². The largest absolute Gasteiger partial charge is 0.463 e. The normalized spacial score (nSPS) is 10.9. The number of rotatable bonds is 4. The molecule has 1 aromatic carbocycles. The zero-order chi connectivity index (χ0) is 19.4. The maximum absolute atomic E-state index is 12.7. The highest BCUT2D eigenvalue weighted by molar-refractivity contribution is 6.39. The molecule has 0 bridgehead atoms. The molecular formula is C18H17N5O4. The van der Waals surface area contributed by atoms with Gasteiger partial charge in [0.15, 0.2) is 0 Å². The lowest BCUT2D eigenvalue weighted by Gasteiger charge is -2.07. The van der Waals surface area contributed by atoms with Gasteiger partial charge in [0.05, 0.1) is 23.9 Å². The highest BCUT2D eigenvalue weighted by Gasteiger charge is 2.21. The lowest BCUT2D eigenvalue weighted by molar-refractivity contribution is -0.136. The summed E-state index contributed by atoms with van der Waals surface area (Å²) >= 11 is 0. The van der Waals surface area contributed by atoms with Gasteiger partial charge in [-0.25, -0.2) is 10.1 Å². The molecule has 3 aromatic rings. The van der Waals surface area contributed by atoms with E-state index >= 15 is 0 Å². The monoisotopic (exact) mass is 367 g/mol. The number of nitrogens with one attached hydrogen (secondary N) is 2. The Bertz CT molecular complexity index is 1050. The zero-order valence-corrected chi connectivity index (χ0v) is 14.7. The number of carbonyl (C=O) groups is 2. The van der Waals surface area contributed by atoms with Gasteiger partial charge in [0.1, 0.15) is 11.4 Å². The predicted octanol–water partition coefficient (Wildman–Crippen LogP) is 1.17. The highest BCUT2D eigenvalue weighted by atomic mass is 16.3. The van der Waals surface area contributed by atoms with Gasteiger partial charge in [0, 0.05) is 7.05 Å². The van der Waals surface area contributed by atoms with Crippen molar-refractivity contribution in [1.82, 2.24) is 14.8 Å². The van der Waals surface area contributed by atoms with E-state index in [1.807, 2.05) is 6.07 Å². The second-order valence-electron chi connectivity index (χ2n) is 5.61. The van der Waals surface area contributed by atoms with E-state index in [9.17, 15) is 14.4 Å². The van der Waals surface area contributed by atoms with Gasteiger partial charge in [-0.15, -0.1) is 0 Å². The summed E-state index contributed by atoms with van der Waals surface area (Å²) in [6.07, 6.45) is 2.70. The quantitative estimate of drug-likeness (QED) is 0.410. The Morgan fingerprint density at radius 2 is 1.85 bits per heavy atom. The van der Waals surface area contributed by atoms with Gasteiger partial charge in [-0.2, -0.15) is 5.10 Å². The van der Waals surface area contributed by atoms with E-state index < -0.39 is 17.4 Å². The van der Waals surface area contributed by atoms with E-state index in [4.69, 9.17) is 4.42 Å². The first kappa shape index (κ1) is 17.9. The molecule has 2 heterocycles. The first-order valence-corrected chi connectivity index (χ1v) is 8.01. The van der Waals surface area contributed by atoms with Gasteiger partial charge in [0.2, 0.25) is 0 Å². The number of carbonyl (C=O) groups excluding carboxylic acids is 2. The third-order valence-corrected chi connectivity index (χ3v) is 3.90. The molecule has 27 heavy (non-hydrogen) atoms. The molecule has 9 heteroatoms. The molecule has 0 saturated carbocycles. The Morgan fingerprint density at radius 1 is 1.11 bits per heavy atom. The number of furan rings is 1. The minimum absolute atomic E-state index is 0.0246. The van der Waals surface area contributed by atoms with Crippen molar-refractivity contribution < 1.29 is 14.0 Å². The highest BCUT2D eigenvalue weighted by Crippen LogP contribution is 2.13. The van der Waals surface area contributed by atoms with Crippen LogP contribution in [0.5, 0.6) is 0 Å². The van der Waals surface area contributed by atoms with E-state index in [-0.39, 0.29) is 5.69 Å². The fourth-order valence-corrected chi connectivity index (χ4v) is 2.45. The summed E-state index contributed by atoms with van der Waals surface area (Å²) in [5.74, 6) is -1.59. The number of nitrogens with zero attached hydrogens (tertiary/aromatic N) is 3. The van der Waals surface area contributed by atoms with Crippen molar-refractivity contribution in [2.75, 3.05) is 5.32 Å². The van der Waals surface area contributed by atoms with E-state index in [1.54, 1.807) is 55.1 Å². The van der Waals surface area contributed by atoms with Crippen LogP contribution in [-0.4, -0.2) is 27.4 Å². The summed E-state index contributed by atoms with van der Waals surface area (Å²) in [7, 11) is 1.69. The van der Waals surface area contributed by atoms with Crippen LogP contribution in [0, 0.1) is 6.92 Å². The number of amides is 2. The van der Waals surface area contributed by atoms with Gasteiger partial charge in [-0.05, 0) is 31.2 Å². The molecule has 0 fully saturated rings. The van der Waals surface area contributed by atoms with Crippen LogP contribution in [0.1, 0.15) is 11.5 Å². The molecule has 2 amide bonds. The Morgan fingerprint density at radius 3 is 2.52 bits per heavy atom. The summed E-state index contributed by atoms with van der Waals surface area (Å²) in [5, 5.41) is 5.97. The molecule has 0 atom stereocenters. The third-order valence-electron chi connectivity index (χ3n) is 3.90. The molecule has 0 spiro atoms. The first-order valence-electron chi connectivity index (χ1n) is 8.01. The second kappa shape index (κ2) is 7.56. The van der Waals surface area contributed by atoms with Crippen LogP contribution in [0.2, 0.25) is 0 Å². The number of hydrogen-bond donors (Lipinski definition) is 2. The number of aromatic nitrogens is 2. The van der Waals surface area contributed by atoms with Crippen molar-refractivity contribution in [2.45, 2.75) is 6.92 Å². The van der Waals surface area contributed by atoms with E-state index in [2.05, 4.69) is 15.8 Å². The minimum Gasteiger partial charge on any atom is -0.463 e. The Kier molecular flexibility index (Phi) is 5.02. The van der Waals surface area contributed by atoms with Crippen molar-refractivity contribution in [2.24, 2.45) is 12.1 Å². The minimum atomic E-state index is -1.01. The topological polar surface area (TPSA) is 111 Å². The number of anilines is 1. The van der Waals surface area contributed by atoms with Crippen molar-refractivity contribution in [3.8, 4) is 5.69 Å². The van der Waals surface area contributed by atoms with Gasteiger partial charge in [-0.1, -0.05) is 18.2 Å². The van der Waals surface area contributed by atoms with Gasteiger partial charge in [-0.3, -0.25) is 19.1 Å². The molecule has 0 radical (unpaired) electrons. The lowest BCUT2D eigenvalue weighted by atomic mass is 10.3. The summed E-state index contributed by atoms with van der Waals surface area (Å²) in [6, 6.07) is 12.3. The molecule has 0 aliphatic heterocycles. The lowest BCUT2D eigenvalue weighted by Crippen LogP contribution is -2.34. The van der Waals surface area contributed by atoms with Crippen LogP contribution in [0.3, 0.4) is 0 Å². The number of hydrazone groups is 1. The average Bonchev–Trinajstić information content (AvgIpc) is 3.25. The maximum atomic E-state index is 12.7. The molecular weight excluding hydrogens is 350 g/mol. The Balaban J connectivity index is 1.76. The van der Waals surface area contributed by atoms with Crippen LogP contribution in [0.25, 0.3) is 5.69 Å². The molecule has 2 aromatic heterocycles. The van der Waals surface area contributed by atoms with Gasteiger partial charge < -0.3 is 9.73 Å². The zero-order valence-electron chi connectivity index (χ0n) is 14.7. The molecule has 0 aliphatic carbocycles. The number of hydrogen-bond acceptors (Lipinski definition) is 5. The summed E-state index contributed by atoms with van der Waals surface area (Å²) < 4.78 is 8.01. The van der Waals surface area contributed by atoms with Crippen molar-refractivity contribution in [3.05, 3.63) is 70.5 Å². The van der Waals surface area contributed by atoms with Crippen LogP contribution in [0.4, 0.5) is 5.69 Å². The molecule has 0 saturated heterocycles. The van der Waals surface area contributed by atoms with Crippen LogP contribution in [-0.2, 0) is 16.6 Å². The first-order chi connectivity index (χ1) is 13.0. The van der Waals surface area contributed by atoms with Crippen molar-refractivity contribution in [3.63, 3.8) is 0 Å². The fraction of sp³-hybridized carbons (Fsp3) is 0.111. The van der Waals surface area contributed by atoms with E-state index in [0.717, 1.165) is 0 Å². The SMILES string of the molecule is Cc1c(NC(=O)C(=O)N/N=C/c2ccco2)c(=O)n(-c2ccccc2)n1C. The predicted molar refractivity (Wildman–Crippen MR) is 98.8 cm³/mol. The van der Waals surface area contributed by atoms with E-state index in [1.165, 1.54) is 17.2 Å². The van der Waals surface area contributed by atoms with E-state index in [0.29, 0.717) is 17.1 Å². The number of para-hydroxylation sites is 1. The van der Waals surface area contributed by atoms with Crippen LogP contribution in [0.15, 0.2) is 63.0 Å². The summed E-state index contributed by atoms with van der Waals surface area (Å²) in [6.45, 7) is 1.67. The van der Waals surface area contributed by atoms with Gasteiger partial charge in [0.25, 0.3) is 5.56 Å². The molecule has 138 valence electrons. The maximum Gasteiger partial charge on any atom is 0.329 e. The smallest absolute Gasteiger partial charge is 0.329 e. The Hall–Kier alpha value is -3.88. The molecule has 3 rings (SSSR count). The summed E-state index contributed by atoms with van der Waals surface area (Å²) in [4.78, 5) is 36.7. The average molecular weight is 367 g/mol. The van der Waals surface area contributed by atoms with Crippen LogP contribution < -0.4 is 16.3 Å². The molecule has 9 nitrogen and oxygen atoms in total. The fourth-order valence-electron chi connectivity index (χ4n) is 2.45. The van der Waals surface area contributed by atoms with Gasteiger partial charge >= 0.3 is 11.8 Å².